The van der Waals surface area contributed by atoms with E-state index in [4.69, 9.17) is 52.5 Å². The lowest BCUT2D eigenvalue weighted by molar-refractivity contribution is -0.138. The summed E-state index contributed by atoms with van der Waals surface area (Å²) >= 11 is 0. The molecule has 0 spiro atoms. The molecular weight excluding hydrogens is 480 g/mol. The van der Waals surface area contributed by atoms with Gasteiger partial charge in [-0.25, -0.2) is 0 Å². The molecule has 12 heteroatoms. The Morgan fingerprint density at radius 3 is 0.889 bits per heavy atom. The van der Waals surface area contributed by atoms with Crippen molar-refractivity contribution >= 4 is 5.97 Å². The summed E-state index contributed by atoms with van der Waals surface area (Å²) in [5, 5.41) is 8.46. The molecule has 0 aliphatic heterocycles. The quantitative estimate of drug-likeness (QED) is 0.129. The van der Waals surface area contributed by atoms with E-state index >= 15 is 0 Å². The van der Waals surface area contributed by atoms with Crippen LogP contribution >= 0.6 is 0 Å². The van der Waals surface area contributed by atoms with Gasteiger partial charge in [0.05, 0.1) is 138 Å². The Balaban J connectivity index is 3.03. The summed E-state index contributed by atoms with van der Waals surface area (Å²) in [6, 6.07) is 0. The number of aliphatic carboxylic acids is 1. The molecule has 216 valence electrons. The monoisotopic (exact) mass is 528 g/mol. The Morgan fingerprint density at radius 2 is 0.667 bits per heavy atom. The van der Waals surface area contributed by atoms with E-state index in [1.54, 1.807) is 0 Å². The molecule has 0 aromatic heterocycles. The van der Waals surface area contributed by atoms with E-state index in [1.165, 1.54) is 0 Å². The van der Waals surface area contributed by atoms with Crippen LogP contribution in [0.25, 0.3) is 0 Å². The molecule has 0 saturated carbocycles. The highest BCUT2D eigenvalue weighted by Gasteiger charge is 1.97. The normalized spacial score (nSPS) is 11.5. The predicted molar refractivity (Wildman–Crippen MR) is 131 cm³/mol. The van der Waals surface area contributed by atoms with E-state index in [1.807, 2.05) is 13.8 Å². The van der Waals surface area contributed by atoms with E-state index in [-0.39, 0.29) is 19.1 Å². The summed E-state index contributed by atoms with van der Waals surface area (Å²) in [5.41, 5.74) is 0. The van der Waals surface area contributed by atoms with Crippen LogP contribution in [-0.4, -0.2) is 143 Å². The first-order chi connectivity index (χ1) is 17.6. The maximum absolute atomic E-state index is 10.3. The van der Waals surface area contributed by atoms with Crippen molar-refractivity contribution in [3.05, 3.63) is 0 Å². The highest BCUT2D eigenvalue weighted by Crippen LogP contribution is 1.89. The first-order valence-corrected chi connectivity index (χ1v) is 12.7. The first-order valence-electron chi connectivity index (χ1n) is 12.7. The number of carboxylic acids is 1. The third kappa shape index (κ3) is 33.1. The summed E-state index contributed by atoms with van der Waals surface area (Å²) in [4.78, 5) is 10.3. The fourth-order valence-electron chi connectivity index (χ4n) is 2.36. The van der Waals surface area contributed by atoms with Crippen molar-refractivity contribution in [2.75, 3.05) is 126 Å². The molecule has 0 heterocycles. The van der Waals surface area contributed by atoms with Gasteiger partial charge in [0, 0.05) is 0 Å². The van der Waals surface area contributed by atoms with Gasteiger partial charge in [-0.1, -0.05) is 0 Å². The highest BCUT2D eigenvalue weighted by molar-refractivity contribution is 5.66. The van der Waals surface area contributed by atoms with Gasteiger partial charge in [-0.05, 0) is 13.8 Å². The third-order valence-corrected chi connectivity index (χ3v) is 4.12. The average molecular weight is 529 g/mol. The van der Waals surface area contributed by atoms with Gasteiger partial charge in [0.2, 0.25) is 0 Å². The molecule has 0 aromatic carbocycles. The highest BCUT2D eigenvalue weighted by atomic mass is 16.6. The minimum Gasteiger partial charge on any atom is -0.481 e. The van der Waals surface area contributed by atoms with Crippen LogP contribution < -0.4 is 0 Å². The van der Waals surface area contributed by atoms with Crippen LogP contribution in [0.2, 0.25) is 0 Å². The molecule has 0 saturated heterocycles. The van der Waals surface area contributed by atoms with E-state index in [9.17, 15) is 4.79 Å². The minimum absolute atomic E-state index is 0.00203. The lowest BCUT2D eigenvalue weighted by atomic mass is 10.5. The molecule has 0 atom stereocenters. The van der Waals surface area contributed by atoms with E-state index < -0.39 is 5.97 Å². The maximum Gasteiger partial charge on any atom is 0.305 e. The van der Waals surface area contributed by atoms with Crippen LogP contribution in [0.5, 0.6) is 0 Å². The molecule has 0 fully saturated rings. The Morgan fingerprint density at radius 1 is 0.444 bits per heavy atom. The van der Waals surface area contributed by atoms with Gasteiger partial charge in [0.15, 0.2) is 0 Å². The second-order valence-corrected chi connectivity index (χ2v) is 7.57. The summed E-state index contributed by atoms with van der Waals surface area (Å²) in [5.74, 6) is -0.871. The zero-order valence-electron chi connectivity index (χ0n) is 22.2. The van der Waals surface area contributed by atoms with Gasteiger partial charge in [-0.15, -0.1) is 0 Å². The molecule has 12 nitrogen and oxygen atoms in total. The van der Waals surface area contributed by atoms with Crippen LogP contribution in [-0.2, 0) is 52.2 Å². The lowest BCUT2D eigenvalue weighted by Gasteiger charge is -2.09. The minimum atomic E-state index is -0.871. The molecule has 0 unspecified atom stereocenters. The summed E-state index contributed by atoms with van der Waals surface area (Å²) in [7, 11) is 0. The largest absolute Gasteiger partial charge is 0.481 e. The van der Waals surface area contributed by atoms with Crippen molar-refractivity contribution in [1.29, 1.82) is 0 Å². The van der Waals surface area contributed by atoms with Gasteiger partial charge in [0.1, 0.15) is 0 Å². The molecule has 0 aliphatic carbocycles. The van der Waals surface area contributed by atoms with Crippen molar-refractivity contribution in [2.24, 2.45) is 0 Å². The molecule has 0 amide bonds. The van der Waals surface area contributed by atoms with Crippen LogP contribution in [0.15, 0.2) is 0 Å². The zero-order valence-corrected chi connectivity index (χ0v) is 22.2. The van der Waals surface area contributed by atoms with Gasteiger partial charge < -0.3 is 52.5 Å². The van der Waals surface area contributed by atoms with Crippen molar-refractivity contribution in [3.63, 3.8) is 0 Å². The Hall–Kier alpha value is -0.930. The molecule has 0 bridgehead atoms. The van der Waals surface area contributed by atoms with Crippen molar-refractivity contribution < 1.29 is 57.3 Å². The lowest BCUT2D eigenvalue weighted by Crippen LogP contribution is -2.15. The van der Waals surface area contributed by atoms with E-state index in [0.29, 0.717) is 119 Å². The number of hydrogen-bond donors (Lipinski definition) is 1. The van der Waals surface area contributed by atoms with E-state index in [0.717, 1.165) is 0 Å². The number of carboxylic acid groups (broad SMARTS) is 1. The second-order valence-electron chi connectivity index (χ2n) is 7.57. The van der Waals surface area contributed by atoms with Crippen molar-refractivity contribution in [3.8, 4) is 0 Å². The van der Waals surface area contributed by atoms with Crippen LogP contribution in [0.1, 0.15) is 20.3 Å². The number of ether oxygens (including phenoxy) is 10. The molecule has 1 N–H and O–H groups in total. The molecular formula is C24H48O12. The molecule has 36 heavy (non-hydrogen) atoms. The summed E-state index contributed by atoms with van der Waals surface area (Å²) in [6.07, 6.45) is 0.231. The van der Waals surface area contributed by atoms with Crippen molar-refractivity contribution in [1.82, 2.24) is 0 Å². The fourth-order valence-corrected chi connectivity index (χ4v) is 2.36. The topological polar surface area (TPSA) is 130 Å². The van der Waals surface area contributed by atoms with Gasteiger partial charge in [0.25, 0.3) is 0 Å². The summed E-state index contributed by atoms with van der Waals surface area (Å²) in [6.45, 7) is 13.2. The van der Waals surface area contributed by atoms with Crippen LogP contribution in [0, 0.1) is 0 Å². The molecule has 0 radical (unpaired) electrons. The number of carbonyl (C=O) groups is 1. The number of hydrogen-bond acceptors (Lipinski definition) is 11. The van der Waals surface area contributed by atoms with Gasteiger partial charge >= 0.3 is 5.97 Å². The fraction of sp³-hybridized carbons (Fsp3) is 0.958. The molecule has 0 rings (SSSR count). The summed E-state index contributed by atoms with van der Waals surface area (Å²) < 4.78 is 53.7. The third-order valence-electron chi connectivity index (χ3n) is 4.12. The van der Waals surface area contributed by atoms with Crippen molar-refractivity contribution in [2.45, 2.75) is 26.4 Å². The standard InChI is InChI=1S/C24H48O12/c1-23(2)36-22-21-35-20-19-34-18-17-33-16-15-32-14-13-31-12-11-30-10-9-29-8-7-28-6-5-27-4-3-24(25)26/h23H,3-22H2,1-2H3,(H,25,26). The zero-order chi connectivity index (χ0) is 26.4. The Labute approximate surface area is 215 Å². The first kappa shape index (κ1) is 35.1. The van der Waals surface area contributed by atoms with E-state index in [2.05, 4.69) is 0 Å². The van der Waals surface area contributed by atoms with Gasteiger partial charge in [-0.3, -0.25) is 4.79 Å². The SMILES string of the molecule is CC(C)OCCOCCOCCOCCOCCOCCOCCOCCOCCOCCC(=O)O. The van der Waals surface area contributed by atoms with Crippen LogP contribution in [0.4, 0.5) is 0 Å². The second kappa shape index (κ2) is 30.3. The van der Waals surface area contributed by atoms with Crippen LogP contribution in [0.3, 0.4) is 0 Å². The Bertz CT molecular complexity index is 439. The smallest absolute Gasteiger partial charge is 0.305 e. The molecule has 0 aliphatic rings. The number of rotatable bonds is 31. The van der Waals surface area contributed by atoms with Gasteiger partial charge in [-0.2, -0.15) is 0 Å². The Kier molecular flexibility index (Phi) is 29.5. The molecule has 0 aromatic rings. The maximum atomic E-state index is 10.3. The predicted octanol–water partition coefficient (Wildman–Crippen LogP) is 1.04. The average Bonchev–Trinajstić information content (AvgIpc) is 2.85.